The molecule has 1 saturated heterocycles. The fraction of sp³-hybridized carbons (Fsp3) is 0.385. The molecule has 1 aliphatic rings. The van der Waals surface area contributed by atoms with Gasteiger partial charge in [-0.25, -0.2) is 14.3 Å². The lowest BCUT2D eigenvalue weighted by atomic mass is 10.2. The van der Waals surface area contributed by atoms with Gasteiger partial charge in [0.25, 0.3) is 5.56 Å². The van der Waals surface area contributed by atoms with Crippen LogP contribution in [0.3, 0.4) is 0 Å². The molecule has 12 heteroatoms. The summed E-state index contributed by atoms with van der Waals surface area (Å²) >= 11 is 6.39. The number of aliphatic hydroxyl groups excluding tert-OH is 1. The number of nitrogens with zero attached hydrogens (tertiary/aromatic N) is 4. The average Bonchev–Trinajstić information content (AvgIpc) is 2.91. The zero-order valence-electron chi connectivity index (χ0n) is 21.0. The molecule has 0 spiro atoms. The number of rotatable bonds is 12. The van der Waals surface area contributed by atoms with Crippen LogP contribution < -0.4 is 10.5 Å². The predicted molar refractivity (Wildman–Crippen MR) is 145 cm³/mol. The van der Waals surface area contributed by atoms with Crippen LogP contribution in [0.2, 0.25) is 5.02 Å². The fourth-order valence-electron chi connectivity index (χ4n) is 3.55. The van der Waals surface area contributed by atoms with Crippen molar-refractivity contribution < 1.29 is 29.6 Å². The molecule has 0 atom stereocenters. The predicted octanol–water partition coefficient (Wildman–Crippen LogP) is 1.84. The summed E-state index contributed by atoms with van der Waals surface area (Å²) in [5, 5.41) is 29.5. The van der Waals surface area contributed by atoms with Gasteiger partial charge in [-0.3, -0.25) is 9.69 Å². The number of carbonyl (C=O) groups is 2. The molecule has 206 valence electrons. The Balaban J connectivity index is 0.000000550. The number of hydrogen-bond acceptors (Lipinski definition) is 8. The molecule has 2 aromatic rings. The summed E-state index contributed by atoms with van der Waals surface area (Å²) in [6, 6.07) is 9.91. The van der Waals surface area contributed by atoms with Crippen LogP contribution in [0.1, 0.15) is 12.0 Å². The van der Waals surface area contributed by atoms with Crippen LogP contribution in [0.25, 0.3) is 6.08 Å². The highest BCUT2D eigenvalue weighted by Gasteiger charge is 2.19. The molecule has 0 aliphatic carbocycles. The molecule has 2 heterocycles. The van der Waals surface area contributed by atoms with E-state index in [-0.39, 0.29) is 12.2 Å². The highest BCUT2D eigenvalue weighted by molar-refractivity contribution is 6.33. The normalized spacial score (nSPS) is 13.8. The Morgan fingerprint density at radius 1 is 1.08 bits per heavy atom. The number of anilines is 1. The van der Waals surface area contributed by atoms with Crippen LogP contribution >= 0.6 is 11.6 Å². The van der Waals surface area contributed by atoms with E-state index in [0.717, 1.165) is 38.4 Å². The summed E-state index contributed by atoms with van der Waals surface area (Å²) < 4.78 is 6.82. The summed E-state index contributed by atoms with van der Waals surface area (Å²) in [6.45, 7) is 5.65. The van der Waals surface area contributed by atoms with E-state index in [4.69, 9.17) is 26.6 Å². The van der Waals surface area contributed by atoms with Gasteiger partial charge in [0.1, 0.15) is 5.69 Å². The first kappa shape index (κ1) is 30.7. The summed E-state index contributed by atoms with van der Waals surface area (Å²) in [5.41, 5.74) is 1.29. The van der Waals surface area contributed by atoms with Gasteiger partial charge in [-0.2, -0.15) is 5.10 Å². The van der Waals surface area contributed by atoms with Gasteiger partial charge in [-0.15, -0.1) is 0 Å². The highest BCUT2D eigenvalue weighted by Crippen LogP contribution is 2.20. The smallest absolute Gasteiger partial charge is 0.328 e. The Bertz CT molecular complexity index is 1120. The molecule has 1 aliphatic heterocycles. The molecule has 0 unspecified atom stereocenters. The molecule has 38 heavy (non-hydrogen) atoms. The van der Waals surface area contributed by atoms with Gasteiger partial charge in [-0.05, 0) is 12.0 Å². The van der Waals surface area contributed by atoms with E-state index in [0.29, 0.717) is 48.9 Å². The monoisotopic (exact) mass is 548 g/mol. The van der Waals surface area contributed by atoms with Crippen LogP contribution in [-0.2, 0) is 20.9 Å². The van der Waals surface area contributed by atoms with Crippen molar-refractivity contribution >= 4 is 35.3 Å². The SMILES string of the molecule is O=C(O)/C=C/C(=O)O.O=c1c(N(CCCO)CCN2CCOCC2)c(Cl)cnn1CC=Cc1ccccc1. The molecule has 1 fully saturated rings. The molecule has 0 bridgehead atoms. The van der Waals surface area contributed by atoms with E-state index in [1.54, 1.807) is 0 Å². The maximum absolute atomic E-state index is 13.1. The van der Waals surface area contributed by atoms with Crippen molar-refractivity contribution in [2.24, 2.45) is 0 Å². The Morgan fingerprint density at radius 3 is 2.34 bits per heavy atom. The third-order valence-electron chi connectivity index (χ3n) is 5.42. The molecule has 0 saturated carbocycles. The fourth-order valence-corrected chi connectivity index (χ4v) is 3.80. The van der Waals surface area contributed by atoms with E-state index in [1.807, 2.05) is 47.4 Å². The minimum atomic E-state index is -1.26. The second kappa shape index (κ2) is 17.1. The molecule has 11 nitrogen and oxygen atoms in total. The summed E-state index contributed by atoms with van der Waals surface area (Å²) in [6.07, 6.45) is 7.08. The number of morpholine rings is 1. The van der Waals surface area contributed by atoms with E-state index in [9.17, 15) is 19.5 Å². The van der Waals surface area contributed by atoms with E-state index < -0.39 is 11.9 Å². The molecule has 1 aromatic carbocycles. The third-order valence-corrected chi connectivity index (χ3v) is 5.70. The molecular formula is C26H33ClN4O7. The summed E-state index contributed by atoms with van der Waals surface area (Å²) in [4.78, 5) is 36.5. The first-order valence-corrected chi connectivity index (χ1v) is 12.5. The number of carboxylic acid groups (broad SMARTS) is 2. The summed E-state index contributed by atoms with van der Waals surface area (Å²) in [5.74, 6) is -2.51. The van der Waals surface area contributed by atoms with E-state index in [2.05, 4.69) is 10.00 Å². The number of allylic oxidation sites excluding steroid dienone is 1. The van der Waals surface area contributed by atoms with Gasteiger partial charge in [0.05, 0.1) is 31.0 Å². The first-order valence-electron chi connectivity index (χ1n) is 12.1. The van der Waals surface area contributed by atoms with Crippen LogP contribution in [-0.4, -0.2) is 94.5 Å². The lowest BCUT2D eigenvalue weighted by Gasteiger charge is -2.31. The maximum Gasteiger partial charge on any atom is 0.328 e. The summed E-state index contributed by atoms with van der Waals surface area (Å²) in [7, 11) is 0. The van der Waals surface area contributed by atoms with Gasteiger partial charge in [0.15, 0.2) is 0 Å². The third kappa shape index (κ3) is 11.3. The van der Waals surface area contributed by atoms with Crippen molar-refractivity contribution in [3.8, 4) is 0 Å². The van der Waals surface area contributed by atoms with Crippen molar-refractivity contribution in [3.05, 3.63) is 75.7 Å². The second-order valence-corrected chi connectivity index (χ2v) is 8.58. The topological polar surface area (TPSA) is 145 Å². The number of aliphatic hydroxyl groups is 1. The lowest BCUT2D eigenvalue weighted by Crippen LogP contribution is -2.43. The van der Waals surface area contributed by atoms with Gasteiger partial charge < -0.3 is 25.0 Å². The first-order chi connectivity index (χ1) is 18.3. The standard InChI is InChI=1S/C22H29ClN4O3.C4H4O4/c23-20-18-24-27(10-4-8-19-6-2-1-3-7-19)22(29)21(20)26(9-5-15-28)12-11-25-13-16-30-17-14-25;5-3(6)1-2-4(7)8/h1-4,6-8,18,28H,5,9-17H2;1-2H,(H,5,6)(H,7,8)/b;2-1+. The van der Waals surface area contributed by atoms with Gasteiger partial charge >= 0.3 is 11.9 Å². The zero-order chi connectivity index (χ0) is 27.8. The van der Waals surface area contributed by atoms with E-state index >= 15 is 0 Å². The number of aliphatic carboxylic acids is 2. The van der Waals surface area contributed by atoms with Gasteiger partial charge in [-0.1, -0.05) is 54.1 Å². The lowest BCUT2D eigenvalue weighted by molar-refractivity contribution is -0.134. The van der Waals surface area contributed by atoms with Crippen LogP contribution in [0, 0.1) is 0 Å². The van der Waals surface area contributed by atoms with Crippen molar-refractivity contribution in [1.29, 1.82) is 0 Å². The minimum absolute atomic E-state index is 0.0603. The molecule has 0 radical (unpaired) electrons. The Morgan fingerprint density at radius 2 is 1.74 bits per heavy atom. The van der Waals surface area contributed by atoms with Crippen molar-refractivity contribution in [3.63, 3.8) is 0 Å². The number of hydrogen-bond donors (Lipinski definition) is 3. The quantitative estimate of drug-likeness (QED) is 0.336. The number of ether oxygens (including phenoxy) is 1. The second-order valence-electron chi connectivity index (χ2n) is 8.17. The molecule has 1 aromatic heterocycles. The minimum Gasteiger partial charge on any atom is -0.478 e. The van der Waals surface area contributed by atoms with Crippen LogP contribution in [0.4, 0.5) is 5.69 Å². The Hall–Kier alpha value is -3.51. The number of carboxylic acids is 2. The maximum atomic E-state index is 13.1. The van der Waals surface area contributed by atoms with Crippen molar-refractivity contribution in [2.45, 2.75) is 13.0 Å². The Labute approximate surface area is 225 Å². The number of halogens is 1. The van der Waals surface area contributed by atoms with Crippen molar-refractivity contribution in [1.82, 2.24) is 14.7 Å². The van der Waals surface area contributed by atoms with Crippen LogP contribution in [0.15, 0.2) is 59.6 Å². The largest absolute Gasteiger partial charge is 0.478 e. The van der Waals surface area contributed by atoms with Crippen LogP contribution in [0.5, 0.6) is 0 Å². The number of aromatic nitrogens is 2. The molecular weight excluding hydrogens is 516 g/mol. The number of benzene rings is 1. The molecule has 0 amide bonds. The molecule has 3 rings (SSSR count). The average molecular weight is 549 g/mol. The van der Waals surface area contributed by atoms with Gasteiger partial charge in [0.2, 0.25) is 0 Å². The molecule has 3 N–H and O–H groups in total. The highest BCUT2D eigenvalue weighted by atomic mass is 35.5. The Kier molecular flexibility index (Phi) is 13.8. The van der Waals surface area contributed by atoms with Gasteiger partial charge in [0, 0.05) is 51.5 Å². The van der Waals surface area contributed by atoms with Crippen molar-refractivity contribution in [2.75, 3.05) is 57.4 Å². The van der Waals surface area contributed by atoms with E-state index in [1.165, 1.54) is 10.9 Å². The zero-order valence-corrected chi connectivity index (χ0v) is 21.7.